The fraction of sp³-hybridized carbons (Fsp3) is 0.111. The Hall–Kier alpha value is -3.66. The summed E-state index contributed by atoms with van der Waals surface area (Å²) in [7, 11) is 1.31. The molecule has 1 amide bonds. The molecule has 2 rings (SSSR count). The minimum atomic E-state index is -0.424. The first-order chi connectivity index (χ1) is 12.1. The molecule has 2 aromatic rings. The van der Waals surface area contributed by atoms with Crippen molar-refractivity contribution < 1.29 is 19.1 Å². The highest BCUT2D eigenvalue weighted by molar-refractivity contribution is 5.90. The van der Waals surface area contributed by atoms with Gasteiger partial charge in [-0.1, -0.05) is 12.1 Å². The van der Waals surface area contributed by atoms with Gasteiger partial charge >= 0.3 is 5.97 Å². The summed E-state index contributed by atoms with van der Waals surface area (Å²) in [6.07, 6.45) is 1.45. The maximum absolute atomic E-state index is 11.6. The van der Waals surface area contributed by atoms with Gasteiger partial charge in [0, 0.05) is 0 Å². The molecule has 0 saturated carbocycles. The summed E-state index contributed by atoms with van der Waals surface area (Å²) in [4.78, 5) is 23.0. The van der Waals surface area contributed by atoms with E-state index < -0.39 is 11.9 Å². The number of ether oxygens (including phenoxy) is 2. The van der Waals surface area contributed by atoms with E-state index in [1.54, 1.807) is 48.5 Å². The molecule has 0 fully saturated rings. The minimum Gasteiger partial charge on any atom is -0.484 e. The molecule has 2 aromatic carbocycles. The van der Waals surface area contributed by atoms with Crippen LogP contribution in [0.25, 0.3) is 0 Å². The van der Waals surface area contributed by atoms with Gasteiger partial charge in [0.2, 0.25) is 0 Å². The number of esters is 1. The lowest BCUT2D eigenvalue weighted by atomic mass is 10.1. The second-order valence-electron chi connectivity index (χ2n) is 4.83. The lowest BCUT2D eigenvalue weighted by Gasteiger charge is -2.04. The summed E-state index contributed by atoms with van der Waals surface area (Å²) in [5.74, 6) is -0.361. The smallest absolute Gasteiger partial charge is 0.337 e. The second-order valence-corrected chi connectivity index (χ2v) is 4.83. The van der Waals surface area contributed by atoms with Gasteiger partial charge in [-0.05, 0) is 42.0 Å². The molecule has 0 aliphatic rings. The second kappa shape index (κ2) is 8.84. The van der Waals surface area contributed by atoms with Gasteiger partial charge in [-0.25, -0.2) is 10.2 Å². The summed E-state index contributed by atoms with van der Waals surface area (Å²) in [5, 5.41) is 12.5. The summed E-state index contributed by atoms with van der Waals surface area (Å²) in [5.41, 5.74) is 3.99. The number of hydrogen-bond acceptors (Lipinski definition) is 6. The molecule has 0 atom stereocenters. The first kappa shape index (κ1) is 17.7. The number of methoxy groups -OCH3 is 1. The lowest BCUT2D eigenvalue weighted by Crippen LogP contribution is -2.24. The van der Waals surface area contributed by atoms with Crippen LogP contribution in [0, 0.1) is 11.3 Å². The molecule has 0 aliphatic heterocycles. The Balaban J connectivity index is 1.79. The molecule has 0 aromatic heterocycles. The van der Waals surface area contributed by atoms with Gasteiger partial charge in [0.25, 0.3) is 5.91 Å². The van der Waals surface area contributed by atoms with E-state index in [9.17, 15) is 9.59 Å². The van der Waals surface area contributed by atoms with E-state index in [4.69, 9.17) is 10.00 Å². The van der Waals surface area contributed by atoms with Crippen LogP contribution in [0.4, 0.5) is 0 Å². The molecule has 0 unspecified atom stereocenters. The number of carbonyl (C=O) groups excluding carboxylic acids is 2. The van der Waals surface area contributed by atoms with Crippen LogP contribution in [-0.2, 0) is 9.53 Å². The highest BCUT2D eigenvalue weighted by Gasteiger charge is 2.04. The van der Waals surface area contributed by atoms with Crippen LogP contribution in [0.3, 0.4) is 0 Å². The van der Waals surface area contributed by atoms with E-state index in [1.165, 1.54) is 13.3 Å². The first-order valence-corrected chi connectivity index (χ1v) is 7.25. The van der Waals surface area contributed by atoms with Crippen molar-refractivity contribution in [3.05, 3.63) is 65.2 Å². The molecule has 126 valence electrons. The zero-order valence-electron chi connectivity index (χ0n) is 13.4. The van der Waals surface area contributed by atoms with Crippen LogP contribution in [0.15, 0.2) is 53.6 Å². The van der Waals surface area contributed by atoms with Crippen molar-refractivity contribution in [3.8, 4) is 11.8 Å². The van der Waals surface area contributed by atoms with Gasteiger partial charge in [-0.15, -0.1) is 0 Å². The molecule has 0 radical (unpaired) electrons. The largest absolute Gasteiger partial charge is 0.484 e. The minimum absolute atomic E-state index is 0.204. The molecule has 0 bridgehead atoms. The molecule has 1 N–H and O–H groups in total. The Morgan fingerprint density at radius 3 is 2.44 bits per heavy atom. The van der Waals surface area contributed by atoms with Crippen molar-refractivity contribution >= 4 is 18.1 Å². The molecule has 25 heavy (non-hydrogen) atoms. The fourth-order valence-electron chi connectivity index (χ4n) is 1.81. The van der Waals surface area contributed by atoms with E-state index in [1.807, 2.05) is 6.07 Å². The zero-order valence-corrected chi connectivity index (χ0v) is 13.4. The van der Waals surface area contributed by atoms with Crippen molar-refractivity contribution in [2.75, 3.05) is 13.7 Å². The highest BCUT2D eigenvalue weighted by atomic mass is 16.5. The Morgan fingerprint density at radius 1 is 1.16 bits per heavy atom. The van der Waals surface area contributed by atoms with E-state index in [2.05, 4.69) is 15.3 Å². The molecule has 7 heteroatoms. The normalized spacial score (nSPS) is 10.1. The molecule has 0 heterocycles. The van der Waals surface area contributed by atoms with E-state index in [-0.39, 0.29) is 6.61 Å². The molecular formula is C18H15N3O4. The number of nitrogens with zero attached hydrogens (tertiary/aromatic N) is 2. The number of amides is 1. The predicted octanol–water partition coefficient (Wildman–Crippen LogP) is 1.87. The third-order valence-corrected chi connectivity index (χ3v) is 3.09. The maximum atomic E-state index is 11.6. The molecule has 7 nitrogen and oxygen atoms in total. The average Bonchev–Trinajstić information content (AvgIpc) is 2.66. The quantitative estimate of drug-likeness (QED) is 0.493. The Morgan fingerprint density at radius 2 is 1.84 bits per heavy atom. The summed E-state index contributed by atoms with van der Waals surface area (Å²) in [6.45, 7) is -0.204. The van der Waals surface area contributed by atoms with Crippen LogP contribution < -0.4 is 10.2 Å². The Kier molecular flexibility index (Phi) is 6.25. The number of nitriles is 1. The number of hydrazone groups is 1. The first-order valence-electron chi connectivity index (χ1n) is 7.25. The molecule has 0 aliphatic carbocycles. The van der Waals surface area contributed by atoms with Gasteiger partial charge < -0.3 is 9.47 Å². The van der Waals surface area contributed by atoms with Gasteiger partial charge in [0.05, 0.1) is 30.5 Å². The van der Waals surface area contributed by atoms with E-state index in [0.717, 1.165) is 0 Å². The number of nitrogens with one attached hydrogen (secondary N) is 1. The van der Waals surface area contributed by atoms with Crippen molar-refractivity contribution in [1.29, 1.82) is 5.26 Å². The van der Waals surface area contributed by atoms with Gasteiger partial charge in [0.1, 0.15) is 5.75 Å². The number of benzene rings is 2. The topological polar surface area (TPSA) is 101 Å². The van der Waals surface area contributed by atoms with Gasteiger partial charge in [-0.2, -0.15) is 10.4 Å². The Labute approximate surface area is 144 Å². The summed E-state index contributed by atoms with van der Waals surface area (Å²) in [6, 6.07) is 15.0. The van der Waals surface area contributed by atoms with Gasteiger partial charge in [0.15, 0.2) is 6.61 Å². The van der Waals surface area contributed by atoms with Crippen LogP contribution in [0.1, 0.15) is 21.5 Å². The number of rotatable bonds is 6. The SMILES string of the molecule is COC(=O)c1ccc(/C=N/NC(=O)COc2ccc(C#N)cc2)cc1. The standard InChI is InChI=1S/C18H15N3O4/c1-24-18(23)15-6-2-14(3-7-15)11-20-21-17(22)12-25-16-8-4-13(10-19)5-9-16/h2-9,11H,12H2,1H3,(H,21,22)/b20-11+. The molecular weight excluding hydrogens is 322 g/mol. The molecule has 0 spiro atoms. The van der Waals surface area contributed by atoms with Crippen LogP contribution in [0.5, 0.6) is 5.75 Å². The van der Waals surface area contributed by atoms with Gasteiger partial charge in [-0.3, -0.25) is 4.79 Å². The molecule has 0 saturated heterocycles. The van der Waals surface area contributed by atoms with Crippen molar-refractivity contribution in [2.24, 2.45) is 5.10 Å². The van der Waals surface area contributed by atoms with Crippen molar-refractivity contribution in [1.82, 2.24) is 5.43 Å². The predicted molar refractivity (Wildman–Crippen MR) is 90.2 cm³/mol. The van der Waals surface area contributed by atoms with Crippen LogP contribution >= 0.6 is 0 Å². The summed E-state index contributed by atoms with van der Waals surface area (Å²) >= 11 is 0. The number of hydrogen-bond donors (Lipinski definition) is 1. The fourth-order valence-corrected chi connectivity index (χ4v) is 1.81. The van der Waals surface area contributed by atoms with Crippen LogP contribution in [0.2, 0.25) is 0 Å². The maximum Gasteiger partial charge on any atom is 0.337 e. The monoisotopic (exact) mass is 337 g/mol. The zero-order chi connectivity index (χ0) is 18.1. The number of carbonyl (C=O) groups is 2. The van der Waals surface area contributed by atoms with Crippen LogP contribution in [-0.4, -0.2) is 31.8 Å². The highest BCUT2D eigenvalue weighted by Crippen LogP contribution is 2.11. The van der Waals surface area contributed by atoms with E-state index >= 15 is 0 Å². The summed E-state index contributed by atoms with van der Waals surface area (Å²) < 4.78 is 9.88. The van der Waals surface area contributed by atoms with Crippen molar-refractivity contribution in [3.63, 3.8) is 0 Å². The third kappa shape index (κ3) is 5.48. The average molecular weight is 337 g/mol. The third-order valence-electron chi connectivity index (χ3n) is 3.09. The van der Waals surface area contributed by atoms with Crippen molar-refractivity contribution in [2.45, 2.75) is 0 Å². The van der Waals surface area contributed by atoms with E-state index in [0.29, 0.717) is 22.4 Å². The lowest BCUT2D eigenvalue weighted by molar-refractivity contribution is -0.123. The Bertz CT molecular complexity index is 806.